The zero-order chi connectivity index (χ0) is 14.4. The van der Waals surface area contributed by atoms with E-state index in [0.29, 0.717) is 12.2 Å². The van der Waals surface area contributed by atoms with Gasteiger partial charge in [0.05, 0.1) is 12.7 Å². The molecule has 0 aliphatic rings. The van der Waals surface area contributed by atoms with E-state index in [4.69, 9.17) is 4.74 Å². The highest BCUT2D eigenvalue weighted by Gasteiger charge is 2.13. The number of ether oxygens (including phenoxy) is 1. The van der Waals surface area contributed by atoms with Crippen LogP contribution in [0.5, 0.6) is 0 Å². The van der Waals surface area contributed by atoms with Gasteiger partial charge in [0.2, 0.25) is 0 Å². The van der Waals surface area contributed by atoms with Crippen LogP contribution in [0, 0.1) is 0 Å². The van der Waals surface area contributed by atoms with Crippen molar-refractivity contribution in [3.8, 4) is 0 Å². The molecule has 0 saturated heterocycles. The Bertz CT molecular complexity index is 423. The van der Waals surface area contributed by atoms with Gasteiger partial charge in [0.15, 0.2) is 0 Å². The summed E-state index contributed by atoms with van der Waals surface area (Å²) in [4.78, 5) is 19.2. The van der Waals surface area contributed by atoms with E-state index in [1.807, 2.05) is 11.9 Å². The van der Waals surface area contributed by atoms with Gasteiger partial charge in [-0.25, -0.2) is 0 Å². The van der Waals surface area contributed by atoms with Crippen molar-refractivity contribution >= 4 is 11.6 Å². The van der Waals surface area contributed by atoms with E-state index in [9.17, 15) is 9.90 Å². The molecule has 6 heteroatoms. The van der Waals surface area contributed by atoms with Crippen LogP contribution < -0.4 is 4.90 Å². The molecule has 1 aromatic rings. The summed E-state index contributed by atoms with van der Waals surface area (Å²) in [5.74, 6) is -0.146. The van der Waals surface area contributed by atoms with Gasteiger partial charge in [-0.3, -0.25) is 9.78 Å². The smallest absolute Gasteiger partial charge is 0.272 e. The molecule has 0 aromatic carbocycles. The Labute approximate surface area is 113 Å². The van der Waals surface area contributed by atoms with Gasteiger partial charge in [-0.1, -0.05) is 0 Å². The quantitative estimate of drug-likeness (QED) is 0.799. The summed E-state index contributed by atoms with van der Waals surface area (Å²) >= 11 is 0. The molecular weight excluding hydrogens is 246 g/mol. The first kappa shape index (κ1) is 15.4. The van der Waals surface area contributed by atoms with Crippen LogP contribution >= 0.6 is 0 Å². The molecule has 106 valence electrons. The molecule has 0 bridgehead atoms. The van der Waals surface area contributed by atoms with Gasteiger partial charge < -0.3 is 19.6 Å². The molecule has 1 heterocycles. The third-order valence-electron chi connectivity index (χ3n) is 2.65. The van der Waals surface area contributed by atoms with Crippen LogP contribution in [-0.4, -0.2) is 68.4 Å². The first-order valence-electron chi connectivity index (χ1n) is 6.01. The summed E-state index contributed by atoms with van der Waals surface area (Å²) in [6, 6.07) is 3.51. The number of carbonyl (C=O) groups is 1. The number of carbonyl (C=O) groups excluding carboxylic acids is 1. The highest BCUT2D eigenvalue weighted by Crippen LogP contribution is 2.14. The van der Waals surface area contributed by atoms with E-state index in [1.54, 1.807) is 39.5 Å². The Balaban J connectivity index is 2.78. The van der Waals surface area contributed by atoms with E-state index in [2.05, 4.69) is 4.98 Å². The molecule has 0 fully saturated rings. The fraction of sp³-hybridized carbons (Fsp3) is 0.538. The van der Waals surface area contributed by atoms with Crippen LogP contribution in [0.4, 0.5) is 5.69 Å². The lowest BCUT2D eigenvalue weighted by atomic mass is 10.2. The SMILES string of the molecule is COCC(O)CN(C)c1ccnc(C(=O)N(C)C)c1. The normalized spacial score (nSPS) is 12.1. The molecule has 1 N–H and O–H groups in total. The summed E-state index contributed by atoms with van der Waals surface area (Å²) in [6.45, 7) is 0.701. The zero-order valence-corrected chi connectivity index (χ0v) is 11.8. The fourth-order valence-electron chi connectivity index (χ4n) is 1.67. The third-order valence-corrected chi connectivity index (χ3v) is 2.65. The molecule has 0 radical (unpaired) electrons. The molecule has 19 heavy (non-hydrogen) atoms. The van der Waals surface area contributed by atoms with E-state index >= 15 is 0 Å². The monoisotopic (exact) mass is 267 g/mol. The Kier molecular flexibility index (Phi) is 5.72. The number of pyridine rings is 1. The number of nitrogens with zero attached hydrogens (tertiary/aromatic N) is 3. The molecule has 1 rings (SSSR count). The highest BCUT2D eigenvalue weighted by atomic mass is 16.5. The minimum atomic E-state index is -0.573. The second-order valence-corrected chi connectivity index (χ2v) is 4.59. The number of rotatable bonds is 6. The molecule has 6 nitrogen and oxygen atoms in total. The zero-order valence-electron chi connectivity index (χ0n) is 11.8. The van der Waals surface area contributed by atoms with E-state index < -0.39 is 6.10 Å². The summed E-state index contributed by atoms with van der Waals surface area (Å²) in [5.41, 5.74) is 1.21. The van der Waals surface area contributed by atoms with Crippen molar-refractivity contribution in [3.05, 3.63) is 24.0 Å². The average molecular weight is 267 g/mol. The first-order valence-corrected chi connectivity index (χ1v) is 6.01. The molecule has 1 amide bonds. The third kappa shape index (κ3) is 4.50. The van der Waals surface area contributed by atoms with E-state index in [1.165, 1.54) is 4.90 Å². The summed E-state index contributed by atoms with van der Waals surface area (Å²) in [6.07, 6.45) is 1.02. The van der Waals surface area contributed by atoms with E-state index in [0.717, 1.165) is 5.69 Å². The van der Waals surface area contributed by atoms with Crippen molar-refractivity contribution in [3.63, 3.8) is 0 Å². The van der Waals surface area contributed by atoms with Crippen molar-refractivity contribution in [2.75, 3.05) is 46.3 Å². The second-order valence-electron chi connectivity index (χ2n) is 4.59. The lowest BCUT2D eigenvalue weighted by Gasteiger charge is -2.22. The van der Waals surface area contributed by atoms with Gasteiger partial charge in [0.1, 0.15) is 5.69 Å². The number of aliphatic hydroxyl groups is 1. The maximum Gasteiger partial charge on any atom is 0.272 e. The molecular formula is C13H21N3O3. The number of likely N-dealkylation sites (N-methyl/N-ethyl adjacent to an activating group) is 1. The average Bonchev–Trinajstić information content (AvgIpc) is 2.38. The first-order chi connectivity index (χ1) is 8.95. The molecule has 1 atom stereocenters. The maximum absolute atomic E-state index is 11.8. The minimum absolute atomic E-state index is 0.146. The lowest BCUT2D eigenvalue weighted by Crippen LogP contribution is -2.32. The number of aromatic nitrogens is 1. The summed E-state index contributed by atoms with van der Waals surface area (Å²) in [7, 11) is 6.76. The van der Waals surface area contributed by atoms with Crippen LogP contribution in [0.1, 0.15) is 10.5 Å². The van der Waals surface area contributed by atoms with Crippen molar-refractivity contribution in [1.29, 1.82) is 0 Å². The molecule has 0 saturated carbocycles. The number of anilines is 1. The Morgan fingerprint density at radius 1 is 1.47 bits per heavy atom. The number of hydrogen-bond acceptors (Lipinski definition) is 5. The van der Waals surface area contributed by atoms with Gasteiger partial charge in [-0.2, -0.15) is 0 Å². The van der Waals surface area contributed by atoms with Crippen molar-refractivity contribution < 1.29 is 14.6 Å². The Hall–Kier alpha value is -1.66. The van der Waals surface area contributed by atoms with Gasteiger partial charge in [0.25, 0.3) is 5.91 Å². The number of aliphatic hydroxyl groups excluding tert-OH is 1. The van der Waals surface area contributed by atoms with Gasteiger partial charge in [-0.05, 0) is 12.1 Å². The van der Waals surface area contributed by atoms with Gasteiger partial charge in [-0.15, -0.1) is 0 Å². The van der Waals surface area contributed by atoms with Gasteiger partial charge >= 0.3 is 0 Å². The Morgan fingerprint density at radius 2 is 2.16 bits per heavy atom. The van der Waals surface area contributed by atoms with Crippen LogP contribution in [-0.2, 0) is 4.74 Å². The largest absolute Gasteiger partial charge is 0.389 e. The highest BCUT2D eigenvalue weighted by molar-refractivity contribution is 5.92. The molecule has 0 aliphatic carbocycles. The van der Waals surface area contributed by atoms with Crippen LogP contribution in [0.3, 0.4) is 0 Å². The van der Waals surface area contributed by atoms with Crippen molar-refractivity contribution in [1.82, 2.24) is 9.88 Å². The van der Waals surface area contributed by atoms with E-state index in [-0.39, 0.29) is 12.5 Å². The molecule has 1 aromatic heterocycles. The van der Waals surface area contributed by atoms with Crippen LogP contribution in [0.15, 0.2) is 18.3 Å². The van der Waals surface area contributed by atoms with Crippen LogP contribution in [0.25, 0.3) is 0 Å². The number of hydrogen-bond donors (Lipinski definition) is 1. The number of methoxy groups -OCH3 is 1. The molecule has 0 spiro atoms. The molecule has 1 unspecified atom stereocenters. The van der Waals surface area contributed by atoms with Crippen molar-refractivity contribution in [2.45, 2.75) is 6.10 Å². The second kappa shape index (κ2) is 7.06. The Morgan fingerprint density at radius 3 is 2.74 bits per heavy atom. The minimum Gasteiger partial charge on any atom is -0.389 e. The summed E-state index contributed by atoms with van der Waals surface area (Å²) in [5, 5.41) is 9.69. The predicted octanol–water partition coefficient (Wildman–Crippen LogP) is 0.227. The topological polar surface area (TPSA) is 65.9 Å². The molecule has 0 aliphatic heterocycles. The standard InChI is InChI=1S/C13H21N3O3/c1-15(2)13(18)12-7-10(5-6-14-12)16(3)8-11(17)9-19-4/h5-7,11,17H,8-9H2,1-4H3. The number of amides is 1. The van der Waals surface area contributed by atoms with Crippen molar-refractivity contribution in [2.24, 2.45) is 0 Å². The summed E-state index contributed by atoms with van der Waals surface area (Å²) < 4.78 is 4.88. The maximum atomic E-state index is 11.8. The van der Waals surface area contributed by atoms with Crippen LogP contribution in [0.2, 0.25) is 0 Å². The lowest BCUT2D eigenvalue weighted by molar-refractivity contribution is 0.0695. The van der Waals surface area contributed by atoms with Gasteiger partial charge in [0, 0.05) is 46.7 Å². The fourth-order valence-corrected chi connectivity index (χ4v) is 1.67. The predicted molar refractivity (Wildman–Crippen MR) is 73.4 cm³/mol.